The first-order chi connectivity index (χ1) is 19.9. The predicted molar refractivity (Wildman–Crippen MR) is 174 cm³/mol. The second kappa shape index (κ2) is 11.9. The zero-order valence-corrected chi connectivity index (χ0v) is 26.2. The van der Waals surface area contributed by atoms with Crippen molar-refractivity contribution < 1.29 is 9.53 Å². The first-order valence-electron chi connectivity index (χ1n) is 15.3. The number of nitrogens with one attached hydrogen (secondary N) is 2. The number of hydrogen-bond donors (Lipinski definition) is 2. The summed E-state index contributed by atoms with van der Waals surface area (Å²) in [7, 11) is 0. The van der Waals surface area contributed by atoms with Gasteiger partial charge in [-0.25, -0.2) is 4.79 Å². The number of benzene rings is 4. The Kier molecular flexibility index (Phi) is 8.48. The molecule has 1 heterocycles. The van der Waals surface area contributed by atoms with Crippen molar-refractivity contribution in [2.24, 2.45) is 0 Å². The van der Waals surface area contributed by atoms with E-state index in [0.29, 0.717) is 6.54 Å². The minimum atomic E-state index is -0.372. The Bertz CT molecular complexity index is 1450. The molecule has 3 unspecified atom stereocenters. The van der Waals surface area contributed by atoms with Crippen molar-refractivity contribution in [1.29, 1.82) is 0 Å². The summed E-state index contributed by atoms with van der Waals surface area (Å²) >= 11 is 0. The molecule has 0 saturated carbocycles. The van der Waals surface area contributed by atoms with Crippen molar-refractivity contribution in [3.05, 3.63) is 119 Å². The Labute approximate surface area is 251 Å². The van der Waals surface area contributed by atoms with Crippen LogP contribution < -0.4 is 10.6 Å². The number of carbonyl (C=O) groups is 1. The fourth-order valence-electron chi connectivity index (χ4n) is 6.04. The molecular formula is C38H46N2O2. The van der Waals surface area contributed by atoms with Crippen LogP contribution in [0.2, 0.25) is 0 Å². The van der Waals surface area contributed by atoms with Crippen LogP contribution in [0.25, 0.3) is 10.8 Å². The Hall–Kier alpha value is -3.63. The van der Waals surface area contributed by atoms with E-state index in [4.69, 9.17) is 4.74 Å². The van der Waals surface area contributed by atoms with Crippen molar-refractivity contribution in [2.45, 2.75) is 89.8 Å². The van der Waals surface area contributed by atoms with Crippen LogP contribution in [-0.4, -0.2) is 24.8 Å². The van der Waals surface area contributed by atoms with E-state index < -0.39 is 0 Å². The van der Waals surface area contributed by atoms with Crippen LogP contribution in [-0.2, 0) is 15.6 Å². The number of amides is 1. The minimum absolute atomic E-state index is 0.101. The van der Waals surface area contributed by atoms with Gasteiger partial charge in [-0.1, -0.05) is 126 Å². The molecule has 2 N–H and O–H groups in total. The van der Waals surface area contributed by atoms with Crippen LogP contribution in [0.1, 0.15) is 94.7 Å². The normalized spacial score (nSPS) is 18.3. The SMILES string of the molecule is CC(NC(=O)OC1CNC(C(c2ccc(C(C)(C)C)cc2)c2ccc(C(C)(C)C)cc2)C1)c1ccc2ccccc2c1. The van der Waals surface area contributed by atoms with Gasteiger partial charge in [0.1, 0.15) is 6.10 Å². The fraction of sp³-hybridized carbons (Fsp3) is 0.395. The molecule has 0 aromatic heterocycles. The average Bonchev–Trinajstić information content (AvgIpc) is 3.40. The molecule has 4 nitrogen and oxygen atoms in total. The van der Waals surface area contributed by atoms with Crippen LogP contribution in [0.3, 0.4) is 0 Å². The molecule has 4 aromatic carbocycles. The van der Waals surface area contributed by atoms with E-state index in [2.05, 4.69) is 131 Å². The number of fused-ring (bicyclic) bond motifs is 1. The molecule has 4 aromatic rings. The Morgan fingerprint density at radius 3 is 1.83 bits per heavy atom. The van der Waals surface area contributed by atoms with Crippen molar-refractivity contribution >= 4 is 16.9 Å². The van der Waals surface area contributed by atoms with E-state index in [9.17, 15) is 4.79 Å². The zero-order valence-electron chi connectivity index (χ0n) is 26.2. The second-order valence-corrected chi connectivity index (χ2v) is 14.0. The van der Waals surface area contributed by atoms with E-state index in [1.54, 1.807) is 0 Å². The molecule has 0 aliphatic carbocycles. The molecule has 1 saturated heterocycles. The highest BCUT2D eigenvalue weighted by Crippen LogP contribution is 2.35. The van der Waals surface area contributed by atoms with Crippen LogP contribution in [0.4, 0.5) is 4.79 Å². The summed E-state index contributed by atoms with van der Waals surface area (Å²) in [4.78, 5) is 13.0. The predicted octanol–water partition coefficient (Wildman–Crippen LogP) is 8.78. The molecule has 3 atom stereocenters. The molecule has 0 bridgehead atoms. The van der Waals surface area contributed by atoms with Gasteiger partial charge in [0, 0.05) is 24.9 Å². The highest BCUT2D eigenvalue weighted by atomic mass is 16.6. The van der Waals surface area contributed by atoms with Crippen molar-refractivity contribution in [3.8, 4) is 0 Å². The Morgan fingerprint density at radius 1 is 0.762 bits per heavy atom. The van der Waals surface area contributed by atoms with Crippen LogP contribution in [0.15, 0.2) is 91.0 Å². The Balaban J connectivity index is 1.29. The summed E-state index contributed by atoms with van der Waals surface area (Å²) in [5, 5.41) is 9.10. The average molecular weight is 563 g/mol. The molecule has 1 aliphatic rings. The van der Waals surface area contributed by atoms with Crippen LogP contribution >= 0.6 is 0 Å². The first-order valence-corrected chi connectivity index (χ1v) is 15.3. The van der Waals surface area contributed by atoms with Gasteiger partial charge in [-0.2, -0.15) is 0 Å². The summed E-state index contributed by atoms with van der Waals surface area (Å²) < 4.78 is 5.96. The maximum Gasteiger partial charge on any atom is 0.407 e. The highest BCUT2D eigenvalue weighted by molar-refractivity contribution is 5.83. The molecule has 0 spiro atoms. The molecular weight excluding hydrogens is 516 g/mol. The van der Waals surface area contributed by atoms with Gasteiger partial charge in [0.05, 0.1) is 6.04 Å². The lowest BCUT2D eigenvalue weighted by Crippen LogP contribution is -2.31. The van der Waals surface area contributed by atoms with Crippen molar-refractivity contribution in [1.82, 2.24) is 10.6 Å². The van der Waals surface area contributed by atoms with Gasteiger partial charge in [-0.3, -0.25) is 0 Å². The van der Waals surface area contributed by atoms with Gasteiger partial charge in [-0.15, -0.1) is 0 Å². The summed E-state index contributed by atoms with van der Waals surface area (Å²) in [5.41, 5.74) is 6.47. The summed E-state index contributed by atoms with van der Waals surface area (Å²) in [6.07, 6.45) is 0.192. The van der Waals surface area contributed by atoms with Gasteiger partial charge >= 0.3 is 6.09 Å². The molecule has 1 aliphatic heterocycles. The molecule has 5 rings (SSSR count). The molecule has 220 valence electrons. The lowest BCUT2D eigenvalue weighted by atomic mass is 9.80. The maximum atomic E-state index is 13.0. The number of carbonyl (C=O) groups excluding carboxylic acids is 1. The molecule has 0 radical (unpaired) electrons. The van der Waals surface area contributed by atoms with E-state index in [1.165, 1.54) is 27.6 Å². The molecule has 42 heavy (non-hydrogen) atoms. The maximum absolute atomic E-state index is 13.0. The molecule has 1 fully saturated rings. The summed E-state index contributed by atoms with van der Waals surface area (Å²) in [6.45, 7) is 16.1. The quantitative estimate of drug-likeness (QED) is 0.247. The van der Waals surface area contributed by atoms with Crippen LogP contribution in [0, 0.1) is 0 Å². The zero-order chi connectivity index (χ0) is 30.1. The van der Waals surface area contributed by atoms with Gasteiger partial charge in [0.25, 0.3) is 0 Å². The number of alkyl carbamates (subject to hydrolysis) is 1. The summed E-state index contributed by atoms with van der Waals surface area (Å²) in [5.74, 6) is 0.154. The lowest BCUT2D eigenvalue weighted by Gasteiger charge is -2.27. The van der Waals surface area contributed by atoms with Gasteiger partial charge < -0.3 is 15.4 Å². The third-order valence-electron chi connectivity index (χ3n) is 8.68. The highest BCUT2D eigenvalue weighted by Gasteiger charge is 2.35. The minimum Gasteiger partial charge on any atom is -0.445 e. The number of rotatable bonds is 6. The first kappa shape index (κ1) is 29.8. The third kappa shape index (κ3) is 6.87. The number of hydrogen-bond acceptors (Lipinski definition) is 3. The fourth-order valence-corrected chi connectivity index (χ4v) is 6.04. The van der Waals surface area contributed by atoms with Gasteiger partial charge in [0.15, 0.2) is 0 Å². The van der Waals surface area contributed by atoms with Gasteiger partial charge in [0.2, 0.25) is 0 Å². The van der Waals surface area contributed by atoms with Crippen molar-refractivity contribution in [2.75, 3.05) is 6.54 Å². The van der Waals surface area contributed by atoms with E-state index in [0.717, 1.165) is 17.4 Å². The lowest BCUT2D eigenvalue weighted by molar-refractivity contribution is 0.103. The monoisotopic (exact) mass is 562 g/mol. The molecule has 4 heteroatoms. The van der Waals surface area contributed by atoms with E-state index in [-0.39, 0.29) is 41.0 Å². The van der Waals surface area contributed by atoms with E-state index in [1.807, 2.05) is 19.1 Å². The van der Waals surface area contributed by atoms with Crippen LogP contribution in [0.5, 0.6) is 0 Å². The topological polar surface area (TPSA) is 50.4 Å². The number of ether oxygens (including phenoxy) is 1. The van der Waals surface area contributed by atoms with E-state index >= 15 is 0 Å². The summed E-state index contributed by atoms with van der Waals surface area (Å²) in [6, 6.07) is 32.7. The van der Waals surface area contributed by atoms with Crippen molar-refractivity contribution in [3.63, 3.8) is 0 Å². The standard InChI is InChI=1S/C38H46N2O2/c1-25(29-13-12-26-10-8-9-11-30(26)22-29)40-36(41)42-33-23-34(39-24-33)35(27-14-18-31(19-15-27)37(2,3)4)28-16-20-32(21-17-28)38(5,6)7/h8-22,25,33-35,39H,23-24H2,1-7H3,(H,40,41). The molecule has 1 amide bonds. The van der Waals surface area contributed by atoms with Gasteiger partial charge in [-0.05, 0) is 62.4 Å². The third-order valence-corrected chi connectivity index (χ3v) is 8.68. The largest absolute Gasteiger partial charge is 0.445 e. The Morgan fingerprint density at radius 2 is 1.29 bits per heavy atom. The smallest absolute Gasteiger partial charge is 0.407 e. The second-order valence-electron chi connectivity index (χ2n) is 14.0.